The number of methoxy groups -OCH3 is 1. The second-order valence-corrected chi connectivity index (χ2v) is 6.25. The largest absolute Gasteiger partial charge is 0.467 e. The minimum Gasteiger partial charge on any atom is -0.467 e. The van der Waals surface area contributed by atoms with Crippen LogP contribution in [0.4, 0.5) is 0 Å². The van der Waals surface area contributed by atoms with E-state index in [0.717, 1.165) is 21.9 Å². The number of carbonyl (C=O) groups is 1. The van der Waals surface area contributed by atoms with Gasteiger partial charge >= 0.3 is 5.97 Å². The van der Waals surface area contributed by atoms with Gasteiger partial charge in [0.25, 0.3) is 0 Å². The second-order valence-electron chi connectivity index (χ2n) is 6.25. The molecule has 0 saturated heterocycles. The molecule has 0 aliphatic carbocycles. The van der Waals surface area contributed by atoms with Gasteiger partial charge in [-0.3, -0.25) is 4.99 Å². The Kier molecular flexibility index (Phi) is 4.94. The van der Waals surface area contributed by atoms with Crippen LogP contribution in [0.1, 0.15) is 18.1 Å². The molecular weight excluding hydrogens is 310 g/mol. The number of esters is 1. The first-order chi connectivity index (χ1) is 12.1. The van der Waals surface area contributed by atoms with Crippen LogP contribution in [0.3, 0.4) is 0 Å². The van der Waals surface area contributed by atoms with Gasteiger partial charge in [-0.2, -0.15) is 0 Å². The standard InChI is InChI=1S/C22H21NO2/c1-22(21(24)25-2,23-16-17-9-4-3-5-10-17)15-19-13-8-12-18-11-6-7-14-20(18)19/h3-14,16H,15H2,1-2H3. The zero-order valence-electron chi connectivity index (χ0n) is 14.5. The van der Waals surface area contributed by atoms with Gasteiger partial charge in [0, 0.05) is 12.6 Å². The highest BCUT2D eigenvalue weighted by atomic mass is 16.5. The Morgan fingerprint density at radius 3 is 2.44 bits per heavy atom. The summed E-state index contributed by atoms with van der Waals surface area (Å²) in [5.41, 5.74) is 1.06. The zero-order chi connectivity index (χ0) is 17.7. The van der Waals surface area contributed by atoms with E-state index in [0.29, 0.717) is 6.42 Å². The van der Waals surface area contributed by atoms with Gasteiger partial charge in [0.2, 0.25) is 0 Å². The molecule has 0 N–H and O–H groups in total. The van der Waals surface area contributed by atoms with Crippen LogP contribution in [0.2, 0.25) is 0 Å². The molecule has 0 heterocycles. The summed E-state index contributed by atoms with van der Waals surface area (Å²) in [6, 6.07) is 24.0. The molecule has 0 amide bonds. The van der Waals surface area contributed by atoms with Crippen LogP contribution in [-0.4, -0.2) is 24.8 Å². The highest BCUT2D eigenvalue weighted by Crippen LogP contribution is 2.26. The number of aliphatic imine (C=N–C) groups is 1. The molecule has 3 nitrogen and oxygen atoms in total. The molecule has 25 heavy (non-hydrogen) atoms. The van der Waals surface area contributed by atoms with Gasteiger partial charge in [0.15, 0.2) is 5.54 Å². The van der Waals surface area contributed by atoms with E-state index in [9.17, 15) is 4.79 Å². The van der Waals surface area contributed by atoms with Crippen LogP contribution in [0, 0.1) is 0 Å². The molecule has 3 aromatic rings. The van der Waals surface area contributed by atoms with E-state index in [1.165, 1.54) is 7.11 Å². The maximum absolute atomic E-state index is 12.5. The second kappa shape index (κ2) is 7.31. The number of rotatable bonds is 5. The quantitative estimate of drug-likeness (QED) is 0.512. The number of ether oxygens (including phenoxy) is 1. The first-order valence-corrected chi connectivity index (χ1v) is 8.28. The molecular formula is C22H21NO2. The summed E-state index contributed by atoms with van der Waals surface area (Å²) in [6.07, 6.45) is 2.21. The van der Waals surface area contributed by atoms with E-state index in [1.807, 2.05) is 61.5 Å². The van der Waals surface area contributed by atoms with E-state index < -0.39 is 5.54 Å². The van der Waals surface area contributed by atoms with Crippen LogP contribution in [0.5, 0.6) is 0 Å². The molecule has 126 valence electrons. The van der Waals surface area contributed by atoms with E-state index in [1.54, 1.807) is 6.21 Å². The smallest absolute Gasteiger partial charge is 0.333 e. The van der Waals surface area contributed by atoms with Gasteiger partial charge < -0.3 is 4.74 Å². The van der Waals surface area contributed by atoms with Gasteiger partial charge in [-0.25, -0.2) is 4.79 Å². The lowest BCUT2D eigenvalue weighted by molar-refractivity contribution is -0.146. The minimum absolute atomic E-state index is 0.340. The van der Waals surface area contributed by atoms with Crippen molar-refractivity contribution in [1.29, 1.82) is 0 Å². The normalized spacial score (nSPS) is 13.7. The number of fused-ring (bicyclic) bond motifs is 1. The molecule has 1 atom stereocenters. The summed E-state index contributed by atoms with van der Waals surface area (Å²) in [5.74, 6) is -0.340. The van der Waals surface area contributed by atoms with Gasteiger partial charge in [-0.05, 0) is 28.8 Å². The van der Waals surface area contributed by atoms with Crippen molar-refractivity contribution in [2.45, 2.75) is 18.9 Å². The van der Waals surface area contributed by atoms with Crippen molar-refractivity contribution in [3.63, 3.8) is 0 Å². The number of hydrogen-bond acceptors (Lipinski definition) is 3. The molecule has 3 heteroatoms. The Hall–Kier alpha value is -2.94. The molecule has 1 unspecified atom stereocenters. The number of benzene rings is 3. The monoisotopic (exact) mass is 331 g/mol. The summed E-state index contributed by atoms with van der Waals surface area (Å²) in [4.78, 5) is 17.1. The molecule has 0 spiro atoms. The van der Waals surface area contributed by atoms with Crippen molar-refractivity contribution in [2.75, 3.05) is 7.11 Å². The molecule has 0 bridgehead atoms. The lowest BCUT2D eigenvalue weighted by Gasteiger charge is -2.23. The lowest BCUT2D eigenvalue weighted by Crippen LogP contribution is -2.37. The summed E-state index contributed by atoms with van der Waals surface area (Å²) in [6.45, 7) is 1.82. The Morgan fingerprint density at radius 2 is 1.68 bits per heavy atom. The van der Waals surface area contributed by atoms with Gasteiger partial charge in [-0.1, -0.05) is 72.8 Å². The Labute approximate surface area is 148 Å². The maximum atomic E-state index is 12.5. The molecule has 0 fully saturated rings. The molecule has 0 aromatic heterocycles. The molecule has 0 aliphatic rings. The van der Waals surface area contributed by atoms with Crippen LogP contribution in [0.25, 0.3) is 10.8 Å². The SMILES string of the molecule is COC(=O)C(C)(Cc1cccc2ccccc12)N=Cc1ccccc1. The number of hydrogen-bond donors (Lipinski definition) is 0. The first-order valence-electron chi connectivity index (χ1n) is 8.28. The topological polar surface area (TPSA) is 38.7 Å². The van der Waals surface area contributed by atoms with Crippen LogP contribution in [-0.2, 0) is 16.0 Å². The van der Waals surface area contributed by atoms with Crippen LogP contribution >= 0.6 is 0 Å². The molecule has 0 aliphatic heterocycles. The third-order valence-electron chi connectivity index (χ3n) is 4.34. The summed E-state index contributed by atoms with van der Waals surface area (Å²) in [5, 5.41) is 2.29. The maximum Gasteiger partial charge on any atom is 0.333 e. The average molecular weight is 331 g/mol. The summed E-state index contributed by atoms with van der Waals surface area (Å²) < 4.78 is 5.04. The predicted octanol–water partition coefficient (Wildman–Crippen LogP) is 4.43. The van der Waals surface area contributed by atoms with Gasteiger partial charge in [0.1, 0.15) is 0 Å². The van der Waals surface area contributed by atoms with Crippen molar-refractivity contribution in [1.82, 2.24) is 0 Å². The van der Waals surface area contributed by atoms with E-state index >= 15 is 0 Å². The molecule has 3 rings (SSSR count). The number of carbonyl (C=O) groups excluding carboxylic acids is 1. The van der Waals surface area contributed by atoms with Gasteiger partial charge in [-0.15, -0.1) is 0 Å². The minimum atomic E-state index is -0.977. The van der Waals surface area contributed by atoms with Crippen molar-refractivity contribution < 1.29 is 9.53 Å². The summed E-state index contributed by atoms with van der Waals surface area (Å²) in [7, 11) is 1.40. The van der Waals surface area contributed by atoms with Crippen molar-refractivity contribution in [3.05, 3.63) is 83.9 Å². The van der Waals surface area contributed by atoms with Crippen molar-refractivity contribution in [3.8, 4) is 0 Å². The van der Waals surface area contributed by atoms with E-state index in [-0.39, 0.29) is 5.97 Å². The average Bonchev–Trinajstić information content (AvgIpc) is 2.67. The predicted molar refractivity (Wildman–Crippen MR) is 102 cm³/mol. The van der Waals surface area contributed by atoms with Gasteiger partial charge in [0.05, 0.1) is 7.11 Å². The molecule has 3 aromatic carbocycles. The fourth-order valence-electron chi connectivity index (χ4n) is 2.96. The molecule has 0 radical (unpaired) electrons. The highest BCUT2D eigenvalue weighted by molar-refractivity contribution is 5.89. The highest BCUT2D eigenvalue weighted by Gasteiger charge is 2.34. The Balaban J connectivity index is 1.98. The third kappa shape index (κ3) is 3.77. The Bertz CT molecular complexity index is 897. The zero-order valence-corrected chi connectivity index (χ0v) is 14.5. The van der Waals surface area contributed by atoms with Crippen LogP contribution in [0.15, 0.2) is 77.8 Å². The third-order valence-corrected chi connectivity index (χ3v) is 4.34. The first kappa shape index (κ1) is 16.9. The summed E-state index contributed by atoms with van der Waals surface area (Å²) >= 11 is 0. The van der Waals surface area contributed by atoms with Crippen LogP contribution < -0.4 is 0 Å². The fourth-order valence-corrected chi connectivity index (χ4v) is 2.96. The number of nitrogens with zero attached hydrogens (tertiary/aromatic N) is 1. The Morgan fingerprint density at radius 1 is 1.00 bits per heavy atom. The van der Waals surface area contributed by atoms with Crippen molar-refractivity contribution >= 4 is 23.0 Å². The molecule has 0 saturated carbocycles. The van der Waals surface area contributed by atoms with E-state index in [2.05, 4.69) is 23.2 Å². The van der Waals surface area contributed by atoms with Crippen molar-refractivity contribution in [2.24, 2.45) is 4.99 Å². The lowest BCUT2D eigenvalue weighted by atomic mass is 9.90. The fraction of sp³-hybridized carbons (Fsp3) is 0.182. The van der Waals surface area contributed by atoms with E-state index in [4.69, 9.17) is 4.74 Å².